The number of amides is 1. The van der Waals surface area contributed by atoms with Crippen LogP contribution in [0.3, 0.4) is 0 Å². The summed E-state index contributed by atoms with van der Waals surface area (Å²) in [5.74, 6) is -2.32. The zero-order valence-corrected chi connectivity index (χ0v) is 28.1. The molecule has 1 saturated heterocycles. The van der Waals surface area contributed by atoms with Gasteiger partial charge in [-0.05, 0) is 117 Å². The Morgan fingerprint density at radius 3 is 2.27 bits per heavy atom. The lowest BCUT2D eigenvalue weighted by Crippen LogP contribution is -2.41. The van der Waals surface area contributed by atoms with Gasteiger partial charge in [-0.1, -0.05) is 13.8 Å². The normalized spacial score (nSPS) is 14.8. The third-order valence-corrected chi connectivity index (χ3v) is 8.85. The van der Waals surface area contributed by atoms with Crippen molar-refractivity contribution in [2.24, 2.45) is 5.92 Å². The first-order chi connectivity index (χ1) is 22.5. The zero-order valence-electron chi connectivity index (χ0n) is 28.1. The van der Waals surface area contributed by atoms with Crippen molar-refractivity contribution in [3.05, 3.63) is 86.1 Å². The molecule has 1 fully saturated rings. The Morgan fingerprint density at radius 2 is 1.71 bits per heavy atom. The molecule has 2 atom stereocenters. The van der Waals surface area contributed by atoms with Crippen molar-refractivity contribution in [1.29, 1.82) is 0 Å². The van der Waals surface area contributed by atoms with E-state index in [-0.39, 0.29) is 35.4 Å². The molecule has 1 aliphatic rings. The first-order valence-corrected chi connectivity index (χ1v) is 16.0. The van der Waals surface area contributed by atoms with Gasteiger partial charge in [0.1, 0.15) is 17.6 Å². The number of carboxylic acid groups (broad SMARTS) is 1. The minimum absolute atomic E-state index is 0.0221. The van der Waals surface area contributed by atoms with Gasteiger partial charge in [0.2, 0.25) is 5.91 Å². The summed E-state index contributed by atoms with van der Waals surface area (Å²) in [4.78, 5) is 41.3. The molecule has 0 spiro atoms. The van der Waals surface area contributed by atoms with Crippen LogP contribution in [0.1, 0.15) is 78.6 Å². The highest BCUT2D eigenvalue weighted by Gasteiger charge is 2.36. The van der Waals surface area contributed by atoms with E-state index in [2.05, 4.69) is 5.32 Å². The van der Waals surface area contributed by atoms with Crippen molar-refractivity contribution in [3.63, 3.8) is 0 Å². The minimum Gasteiger partial charge on any atom is -0.496 e. The predicted octanol–water partition coefficient (Wildman–Crippen LogP) is 6.77. The maximum Gasteiger partial charge on any atom is 0.416 e. The zero-order chi connectivity index (χ0) is 35.5. The second-order valence-corrected chi connectivity index (χ2v) is 13.0. The molecule has 2 aromatic carbocycles. The molecule has 8 nitrogen and oxygen atoms in total. The van der Waals surface area contributed by atoms with E-state index in [0.29, 0.717) is 23.9 Å². The quantitative estimate of drug-likeness (QED) is 0.194. The highest BCUT2D eigenvalue weighted by Crippen LogP contribution is 2.35. The van der Waals surface area contributed by atoms with Gasteiger partial charge in [0.25, 0.3) is 5.56 Å². The van der Waals surface area contributed by atoms with E-state index >= 15 is 4.39 Å². The molecule has 260 valence electrons. The molecule has 2 N–H and O–H groups in total. The van der Waals surface area contributed by atoms with Crippen LogP contribution in [-0.2, 0) is 22.2 Å². The molecule has 0 bridgehead atoms. The SMILES string of the molecule is COc1cc(C)c(-c2cc(C)c(F)c(C(CC(=O)O)NC(=O)C(CC(C)C)n3cc(CCN4CCC4)c(C(F)(F)F)cc3=O)c2)cc1C. The van der Waals surface area contributed by atoms with Gasteiger partial charge >= 0.3 is 12.1 Å². The van der Waals surface area contributed by atoms with Gasteiger partial charge in [0, 0.05) is 24.4 Å². The Hall–Kier alpha value is -4.19. The average Bonchev–Trinajstić information content (AvgIpc) is 2.96. The third kappa shape index (κ3) is 8.44. The van der Waals surface area contributed by atoms with Gasteiger partial charge in [-0.3, -0.25) is 14.4 Å². The maximum atomic E-state index is 15.8. The molecule has 2 unspecified atom stereocenters. The number of hydrogen-bond donors (Lipinski definition) is 2. The number of hydrogen-bond acceptors (Lipinski definition) is 5. The van der Waals surface area contributed by atoms with Gasteiger partial charge < -0.3 is 24.6 Å². The summed E-state index contributed by atoms with van der Waals surface area (Å²) in [6, 6.07) is 4.75. The average molecular weight is 674 g/mol. The molecular formula is C36H43F4N3O5. The van der Waals surface area contributed by atoms with Gasteiger partial charge in [0.15, 0.2) is 0 Å². The molecule has 1 aromatic heterocycles. The second-order valence-electron chi connectivity index (χ2n) is 13.0. The first-order valence-electron chi connectivity index (χ1n) is 16.0. The fourth-order valence-electron chi connectivity index (χ4n) is 6.18. The third-order valence-electron chi connectivity index (χ3n) is 8.85. The number of carboxylic acids is 1. The number of halogens is 4. The van der Waals surface area contributed by atoms with E-state index in [4.69, 9.17) is 4.74 Å². The minimum atomic E-state index is -4.77. The van der Waals surface area contributed by atoms with Crippen LogP contribution in [0.5, 0.6) is 5.75 Å². The number of benzene rings is 2. The van der Waals surface area contributed by atoms with Gasteiger partial charge in [-0.25, -0.2) is 4.39 Å². The van der Waals surface area contributed by atoms with Crippen LogP contribution in [0.15, 0.2) is 41.3 Å². The van der Waals surface area contributed by atoms with Crippen molar-refractivity contribution in [2.45, 2.75) is 78.6 Å². The van der Waals surface area contributed by atoms with Gasteiger partial charge in [-0.15, -0.1) is 0 Å². The molecule has 0 aliphatic carbocycles. The Bertz CT molecular complexity index is 1730. The second kappa shape index (κ2) is 14.9. The molecule has 3 aromatic rings. The fraction of sp³-hybridized carbons (Fsp3) is 0.472. The number of methoxy groups -OCH3 is 1. The maximum absolute atomic E-state index is 15.8. The molecule has 0 radical (unpaired) electrons. The van der Waals surface area contributed by atoms with Crippen LogP contribution in [0.25, 0.3) is 11.1 Å². The number of carbonyl (C=O) groups is 2. The lowest BCUT2D eigenvalue weighted by Gasteiger charge is -2.31. The number of ether oxygens (including phenoxy) is 1. The lowest BCUT2D eigenvalue weighted by molar-refractivity contribution is -0.139. The molecular weight excluding hydrogens is 630 g/mol. The van der Waals surface area contributed by atoms with Crippen LogP contribution >= 0.6 is 0 Å². The molecule has 2 heterocycles. The largest absolute Gasteiger partial charge is 0.496 e. The summed E-state index contributed by atoms with van der Waals surface area (Å²) in [5, 5.41) is 12.5. The summed E-state index contributed by atoms with van der Waals surface area (Å²) in [7, 11) is 1.56. The summed E-state index contributed by atoms with van der Waals surface area (Å²) in [6.07, 6.45) is -3.30. The van der Waals surface area contributed by atoms with Crippen molar-refractivity contribution in [3.8, 4) is 16.9 Å². The molecule has 0 saturated carbocycles. The summed E-state index contributed by atoms with van der Waals surface area (Å²) >= 11 is 0. The van der Waals surface area contributed by atoms with Crippen molar-refractivity contribution in [2.75, 3.05) is 26.7 Å². The van der Waals surface area contributed by atoms with Crippen LogP contribution in [-0.4, -0.2) is 53.2 Å². The Balaban J connectivity index is 1.77. The van der Waals surface area contributed by atoms with Crippen molar-refractivity contribution in [1.82, 2.24) is 14.8 Å². The lowest BCUT2D eigenvalue weighted by atomic mass is 9.91. The van der Waals surface area contributed by atoms with Crippen LogP contribution < -0.4 is 15.6 Å². The fourth-order valence-corrected chi connectivity index (χ4v) is 6.18. The number of nitrogens with one attached hydrogen (secondary N) is 1. The Labute approximate surface area is 277 Å². The summed E-state index contributed by atoms with van der Waals surface area (Å²) in [6.45, 7) is 10.8. The highest BCUT2D eigenvalue weighted by atomic mass is 19.4. The predicted molar refractivity (Wildman–Crippen MR) is 175 cm³/mol. The van der Waals surface area contributed by atoms with E-state index in [1.54, 1.807) is 33.9 Å². The molecule has 1 amide bonds. The van der Waals surface area contributed by atoms with E-state index in [1.807, 2.05) is 30.9 Å². The number of alkyl halides is 3. The standard InChI is InChI=1S/C36H43F4N3O5/c1-20(2)12-30(43-19-24(8-11-42-9-7-10-42)28(17-32(43)44)36(38,39)40)35(47)41-29(18-33(45)46)27-16-25(13-23(5)34(27)37)26-14-22(4)31(48-6)15-21(26)3/h13-17,19-20,29-30H,7-12,18H2,1-6H3,(H,41,47)(H,45,46). The van der Waals surface area contributed by atoms with E-state index in [1.165, 1.54) is 6.07 Å². The van der Waals surface area contributed by atoms with E-state index in [0.717, 1.165) is 47.0 Å². The first kappa shape index (κ1) is 36.6. The van der Waals surface area contributed by atoms with Crippen molar-refractivity contribution >= 4 is 11.9 Å². The number of likely N-dealkylation sites (tertiary alicyclic amines) is 1. The smallest absolute Gasteiger partial charge is 0.416 e. The Kier molecular flexibility index (Phi) is 11.4. The number of pyridine rings is 1. The Morgan fingerprint density at radius 1 is 1.02 bits per heavy atom. The van der Waals surface area contributed by atoms with E-state index in [9.17, 15) is 32.7 Å². The molecule has 4 rings (SSSR count). The van der Waals surface area contributed by atoms with E-state index < -0.39 is 53.5 Å². The molecule has 1 aliphatic heterocycles. The van der Waals surface area contributed by atoms with Crippen LogP contribution in [0.4, 0.5) is 17.6 Å². The molecule has 48 heavy (non-hydrogen) atoms. The van der Waals surface area contributed by atoms with Gasteiger partial charge in [-0.2, -0.15) is 13.2 Å². The summed E-state index contributed by atoms with van der Waals surface area (Å²) < 4.78 is 64.2. The number of carbonyl (C=O) groups excluding carboxylic acids is 1. The number of aliphatic carboxylic acids is 1. The monoisotopic (exact) mass is 673 g/mol. The topological polar surface area (TPSA) is 101 Å². The number of aryl methyl sites for hydroxylation is 3. The van der Waals surface area contributed by atoms with Gasteiger partial charge in [0.05, 0.1) is 25.1 Å². The highest BCUT2D eigenvalue weighted by molar-refractivity contribution is 5.82. The van der Waals surface area contributed by atoms with Crippen LogP contribution in [0.2, 0.25) is 0 Å². The van der Waals surface area contributed by atoms with Crippen LogP contribution in [0, 0.1) is 32.5 Å². The number of nitrogens with zero attached hydrogens (tertiary/aromatic N) is 2. The number of aromatic nitrogens is 1. The summed E-state index contributed by atoms with van der Waals surface area (Å²) in [5.41, 5.74) is 1.01. The molecule has 12 heteroatoms. The van der Waals surface area contributed by atoms with Crippen molar-refractivity contribution < 1.29 is 37.0 Å². The number of rotatable bonds is 13.